The largest absolute Gasteiger partial charge is 0.453 e. The SMILES string of the molecule is COC(=O)N[C@H](C(=O)N[C@H](Cc1ccc(-c2ccccn2)cc1)C[C@H](O)[C@H](Cc1ccccc1)NC(=O)[C@@H](N1CCN(Cc2cccc(C(C)C)n2)C1=O)C(C)(C)C)C(C)(C)C. The maximum absolute atomic E-state index is 14.7. The molecule has 0 radical (unpaired) electrons. The molecule has 13 heteroatoms. The maximum atomic E-state index is 14.7. The third kappa shape index (κ3) is 12.9. The lowest BCUT2D eigenvalue weighted by molar-refractivity contribution is -0.131. The van der Waals surface area contributed by atoms with Crippen LogP contribution < -0.4 is 16.0 Å². The molecule has 1 fully saturated rings. The summed E-state index contributed by atoms with van der Waals surface area (Å²) < 4.78 is 4.85. The van der Waals surface area contributed by atoms with Gasteiger partial charge in [0, 0.05) is 36.6 Å². The van der Waals surface area contributed by atoms with E-state index in [9.17, 15) is 24.3 Å². The Morgan fingerprint density at radius 2 is 1.45 bits per heavy atom. The van der Waals surface area contributed by atoms with Gasteiger partial charge < -0.3 is 35.6 Å². The zero-order chi connectivity index (χ0) is 45.2. The molecule has 1 aliphatic heterocycles. The van der Waals surface area contributed by atoms with Crippen molar-refractivity contribution in [1.29, 1.82) is 0 Å². The van der Waals surface area contributed by atoms with Crippen molar-refractivity contribution in [2.24, 2.45) is 10.8 Å². The molecule has 1 saturated heterocycles. The second-order valence-electron chi connectivity index (χ2n) is 18.7. The van der Waals surface area contributed by atoms with Gasteiger partial charge >= 0.3 is 12.1 Å². The molecular formula is C49H65N7O6. The molecule has 62 heavy (non-hydrogen) atoms. The van der Waals surface area contributed by atoms with E-state index in [0.29, 0.717) is 26.1 Å². The van der Waals surface area contributed by atoms with Crippen molar-refractivity contribution in [2.75, 3.05) is 20.2 Å². The predicted octanol–water partition coefficient (Wildman–Crippen LogP) is 6.90. The lowest BCUT2D eigenvalue weighted by Crippen LogP contribution is -2.59. The van der Waals surface area contributed by atoms with E-state index in [2.05, 4.69) is 34.8 Å². The Morgan fingerprint density at radius 3 is 2.06 bits per heavy atom. The number of carbonyl (C=O) groups excluding carboxylic acids is 4. The Kier molecular flexibility index (Phi) is 15.9. The molecule has 3 heterocycles. The topological polar surface area (TPSA) is 166 Å². The molecule has 2 aromatic carbocycles. The van der Waals surface area contributed by atoms with Gasteiger partial charge in [0.15, 0.2) is 0 Å². The third-order valence-corrected chi connectivity index (χ3v) is 11.2. The molecule has 1 aliphatic rings. The monoisotopic (exact) mass is 847 g/mol. The number of aliphatic hydroxyl groups is 1. The van der Waals surface area contributed by atoms with Crippen LogP contribution in [-0.2, 0) is 33.7 Å². The Labute approximate surface area is 367 Å². The number of ether oxygens (including phenoxy) is 1. The Balaban J connectivity index is 1.41. The number of nitrogens with one attached hydrogen (secondary N) is 3. The van der Waals surface area contributed by atoms with Crippen molar-refractivity contribution in [3.63, 3.8) is 0 Å². The van der Waals surface area contributed by atoms with Gasteiger partial charge in [0.05, 0.1) is 37.2 Å². The Hall–Kier alpha value is -5.82. The number of methoxy groups -OCH3 is 1. The Bertz CT molecular complexity index is 2100. The summed E-state index contributed by atoms with van der Waals surface area (Å²) in [5, 5.41) is 21.2. The smallest absolute Gasteiger partial charge is 0.407 e. The number of hydrogen-bond donors (Lipinski definition) is 4. The van der Waals surface area contributed by atoms with Gasteiger partial charge in [-0.3, -0.25) is 19.6 Å². The zero-order valence-corrected chi connectivity index (χ0v) is 37.7. The van der Waals surface area contributed by atoms with E-state index in [-0.39, 0.29) is 30.7 Å². The molecule has 0 unspecified atom stereocenters. The zero-order valence-electron chi connectivity index (χ0n) is 37.7. The second-order valence-corrected chi connectivity index (χ2v) is 18.7. The summed E-state index contributed by atoms with van der Waals surface area (Å²) >= 11 is 0. The average Bonchev–Trinajstić information content (AvgIpc) is 3.57. The van der Waals surface area contributed by atoms with Gasteiger partial charge in [-0.1, -0.05) is 122 Å². The molecule has 4 N–H and O–H groups in total. The fourth-order valence-corrected chi connectivity index (χ4v) is 7.92. The third-order valence-electron chi connectivity index (χ3n) is 11.2. The number of carbonyl (C=O) groups is 4. The molecule has 332 valence electrons. The number of amides is 5. The van der Waals surface area contributed by atoms with Gasteiger partial charge in [-0.05, 0) is 71.4 Å². The second kappa shape index (κ2) is 20.8. The standard InChI is InChI=1S/C49H65N7O6/c1-32(2)38-20-15-18-36(51-38)31-55-26-27-56(47(55)61)43(49(6,7)8)45(59)53-40(29-33-16-11-10-12-17-33)41(57)30-37(52-44(58)42(48(3,4)5)54-46(60)62-9)28-34-21-23-35(24-22-34)39-19-13-14-25-50-39/h10-25,32,37,40-43,57H,26-31H2,1-9H3,(H,52,58)(H,53,59)(H,54,60)/t37-,40+,41+,42-,43-/m1/s1. The Morgan fingerprint density at radius 1 is 0.774 bits per heavy atom. The number of urea groups is 1. The van der Waals surface area contributed by atoms with Crippen LogP contribution in [0.4, 0.5) is 9.59 Å². The summed E-state index contributed by atoms with van der Waals surface area (Å²) in [6, 6.07) is 25.5. The van der Waals surface area contributed by atoms with E-state index in [1.54, 1.807) is 16.0 Å². The van der Waals surface area contributed by atoms with Gasteiger partial charge in [0.1, 0.15) is 12.1 Å². The fourth-order valence-electron chi connectivity index (χ4n) is 7.92. The van der Waals surface area contributed by atoms with Crippen LogP contribution in [0.3, 0.4) is 0 Å². The minimum atomic E-state index is -1.15. The maximum Gasteiger partial charge on any atom is 0.407 e. The van der Waals surface area contributed by atoms with Crippen LogP contribution in [0.1, 0.15) is 90.2 Å². The molecule has 0 saturated carbocycles. The number of aromatic nitrogens is 2. The molecule has 5 atom stereocenters. The van der Waals surface area contributed by atoms with E-state index in [4.69, 9.17) is 9.72 Å². The molecule has 13 nitrogen and oxygen atoms in total. The first-order valence-electron chi connectivity index (χ1n) is 21.5. The number of rotatable bonds is 17. The normalized spacial score (nSPS) is 15.7. The molecule has 5 rings (SSSR count). The summed E-state index contributed by atoms with van der Waals surface area (Å²) in [7, 11) is 1.24. The van der Waals surface area contributed by atoms with Crippen molar-refractivity contribution >= 4 is 23.9 Å². The molecule has 2 aromatic heterocycles. The lowest BCUT2D eigenvalue weighted by Gasteiger charge is -2.38. The first kappa shape index (κ1) is 47.2. The minimum absolute atomic E-state index is 0.0552. The number of benzene rings is 2. The van der Waals surface area contributed by atoms with E-state index < -0.39 is 53.1 Å². The van der Waals surface area contributed by atoms with Crippen LogP contribution in [0.15, 0.2) is 97.2 Å². The first-order chi connectivity index (χ1) is 29.3. The summed E-state index contributed by atoms with van der Waals surface area (Å²) in [6.07, 6.45) is 0.532. The van der Waals surface area contributed by atoms with Crippen LogP contribution in [0.2, 0.25) is 0 Å². The lowest BCUT2D eigenvalue weighted by atomic mass is 9.84. The van der Waals surface area contributed by atoms with Crippen molar-refractivity contribution in [3.8, 4) is 11.3 Å². The highest BCUT2D eigenvalue weighted by atomic mass is 16.5. The quantitative estimate of drug-likeness (QED) is 0.0892. The fraction of sp³-hybridized carbons (Fsp3) is 0.469. The number of pyridine rings is 2. The van der Waals surface area contributed by atoms with Crippen LogP contribution in [0.25, 0.3) is 11.3 Å². The first-order valence-corrected chi connectivity index (χ1v) is 21.5. The highest BCUT2D eigenvalue weighted by Crippen LogP contribution is 2.30. The van der Waals surface area contributed by atoms with Crippen molar-refractivity contribution < 1.29 is 29.0 Å². The average molecular weight is 848 g/mol. The summed E-state index contributed by atoms with van der Waals surface area (Å²) in [5.74, 6) is -0.577. The van der Waals surface area contributed by atoms with E-state index >= 15 is 0 Å². The van der Waals surface area contributed by atoms with Gasteiger partial charge in [-0.25, -0.2) is 9.59 Å². The molecule has 0 spiro atoms. The number of nitrogens with zero attached hydrogens (tertiary/aromatic N) is 4. The van der Waals surface area contributed by atoms with Crippen LogP contribution in [-0.4, -0.2) is 99.3 Å². The van der Waals surface area contributed by atoms with Crippen LogP contribution >= 0.6 is 0 Å². The molecular weight excluding hydrogens is 783 g/mol. The molecule has 0 aliphatic carbocycles. The molecule has 4 aromatic rings. The molecule has 0 bridgehead atoms. The molecule has 5 amide bonds. The van der Waals surface area contributed by atoms with Gasteiger partial charge in [-0.15, -0.1) is 0 Å². The van der Waals surface area contributed by atoms with Gasteiger partial charge in [0.2, 0.25) is 11.8 Å². The summed E-state index contributed by atoms with van der Waals surface area (Å²) in [4.78, 5) is 67.8. The number of aliphatic hydroxyl groups excluding tert-OH is 1. The highest BCUT2D eigenvalue weighted by Gasteiger charge is 2.44. The highest BCUT2D eigenvalue weighted by molar-refractivity contribution is 5.89. The van der Waals surface area contributed by atoms with Gasteiger partial charge in [-0.2, -0.15) is 0 Å². The van der Waals surface area contributed by atoms with Crippen molar-refractivity contribution in [2.45, 2.75) is 117 Å². The van der Waals surface area contributed by atoms with Gasteiger partial charge in [0.25, 0.3) is 0 Å². The van der Waals surface area contributed by atoms with Crippen molar-refractivity contribution in [1.82, 2.24) is 35.7 Å². The number of hydrogen-bond acceptors (Lipinski definition) is 8. The predicted molar refractivity (Wildman–Crippen MR) is 241 cm³/mol. The van der Waals surface area contributed by atoms with E-state index in [0.717, 1.165) is 33.8 Å². The number of alkyl carbamates (subject to hydrolysis) is 1. The van der Waals surface area contributed by atoms with Crippen LogP contribution in [0, 0.1) is 10.8 Å². The van der Waals surface area contributed by atoms with Crippen LogP contribution in [0.5, 0.6) is 0 Å². The summed E-state index contributed by atoms with van der Waals surface area (Å²) in [6.45, 7) is 16.6. The minimum Gasteiger partial charge on any atom is -0.453 e. The summed E-state index contributed by atoms with van der Waals surface area (Å²) in [5.41, 5.74) is 3.93. The van der Waals surface area contributed by atoms with E-state index in [1.165, 1.54) is 7.11 Å². The van der Waals surface area contributed by atoms with E-state index in [1.807, 2.05) is 133 Å². The van der Waals surface area contributed by atoms with Crippen molar-refractivity contribution in [3.05, 3.63) is 120 Å².